The van der Waals surface area contributed by atoms with E-state index in [1.54, 1.807) is 20.8 Å². The van der Waals surface area contributed by atoms with Crippen molar-refractivity contribution in [3.63, 3.8) is 0 Å². The van der Waals surface area contributed by atoms with Gasteiger partial charge in [-0.05, 0) is 6.42 Å². The predicted octanol–water partition coefficient (Wildman–Crippen LogP) is -2.58. The number of carbonyl (C=O) groups excluding carboxylic acids is 8. The minimum Gasteiger partial charge on any atom is -1.00 e. The van der Waals surface area contributed by atoms with Crippen molar-refractivity contribution < 1.29 is 74.4 Å². The number of amides is 2. The van der Waals surface area contributed by atoms with E-state index in [9.17, 15) is 38.4 Å². The van der Waals surface area contributed by atoms with E-state index in [0.717, 1.165) is 31.1 Å². The van der Waals surface area contributed by atoms with E-state index in [4.69, 9.17) is 0 Å². The number of Topliss-reactive ketones (excluding diaryl/α,β-unsaturated/α-hetero) is 1. The molecule has 0 aromatic rings. The zero-order chi connectivity index (χ0) is 34.5. The molecule has 0 bridgehead atoms. The molecule has 4 atom stereocenters. The number of methoxy groups -OCH3 is 5. The molecule has 0 aromatic heterocycles. The Morgan fingerprint density at radius 2 is 0.913 bits per heavy atom. The van der Waals surface area contributed by atoms with Crippen molar-refractivity contribution >= 4 is 70.5 Å². The summed E-state index contributed by atoms with van der Waals surface area (Å²) in [5, 5.41) is 0. The summed E-state index contributed by atoms with van der Waals surface area (Å²) in [5.74, 6) is -4.90. The third-order valence-corrected chi connectivity index (χ3v) is 7.36. The number of likely N-dealkylation sites (tertiary alicyclic amines) is 2. The second-order valence-electron chi connectivity index (χ2n) is 10.7. The van der Waals surface area contributed by atoms with Crippen LogP contribution in [0.5, 0.6) is 0 Å². The molecule has 2 aliphatic rings. The van der Waals surface area contributed by atoms with E-state index in [1.165, 1.54) is 26.6 Å². The fourth-order valence-corrected chi connectivity index (χ4v) is 3.75. The number of esters is 5. The second-order valence-corrected chi connectivity index (χ2v) is 10.7. The van der Waals surface area contributed by atoms with Crippen LogP contribution in [0.15, 0.2) is 0 Å². The van der Waals surface area contributed by atoms with Crippen molar-refractivity contribution in [3.8, 4) is 0 Å². The number of rotatable bonds is 8. The third kappa shape index (κ3) is 12.0. The number of hydrogen-bond donors (Lipinski definition) is 0. The topological polar surface area (TPSA) is 189 Å². The van der Waals surface area contributed by atoms with E-state index in [0.29, 0.717) is 6.42 Å². The molecule has 0 saturated carbocycles. The Morgan fingerprint density at radius 1 is 0.630 bits per heavy atom. The predicted molar refractivity (Wildman–Crippen MR) is 158 cm³/mol. The maximum Gasteiger partial charge on any atom is 2.00 e. The van der Waals surface area contributed by atoms with Crippen molar-refractivity contribution in [2.45, 2.75) is 91.4 Å². The number of hydrogen-bond acceptors (Lipinski definition) is 13. The number of nitrogens with zero attached hydrogens (tertiary/aromatic N) is 2. The fourth-order valence-electron chi connectivity index (χ4n) is 3.75. The first kappa shape index (κ1) is 47.4. The SMILES string of the molecule is CCC(C)(C)C(=O)C(=O)N1[C@@H](C(=O)OC)C[C@@H]1C(=O)OC.CC[C-](C)C.COC(=O)C(=O)N1[C@@H](C(=O)OC)C[C@@H]1C(=O)OC.[Cl-].[Mg+2]. The first-order valence-corrected chi connectivity index (χ1v) is 13.8. The first-order valence-electron chi connectivity index (χ1n) is 13.8. The van der Waals surface area contributed by atoms with Crippen molar-refractivity contribution in [2.75, 3.05) is 35.5 Å². The van der Waals surface area contributed by atoms with Crippen LogP contribution in [0.25, 0.3) is 0 Å². The molecule has 2 heterocycles. The summed E-state index contributed by atoms with van der Waals surface area (Å²) < 4.78 is 22.4. The molecule has 2 aliphatic heterocycles. The van der Waals surface area contributed by atoms with Crippen LogP contribution in [0.4, 0.5) is 0 Å². The minimum absolute atomic E-state index is 0. The van der Waals surface area contributed by atoms with Gasteiger partial charge in [0, 0.05) is 18.3 Å². The van der Waals surface area contributed by atoms with Gasteiger partial charge in [-0.2, -0.15) is 20.3 Å². The third-order valence-electron chi connectivity index (χ3n) is 7.36. The van der Waals surface area contributed by atoms with Gasteiger partial charge in [-0.3, -0.25) is 14.4 Å². The molecular formula is C29H45ClMgN2O13. The Labute approximate surface area is 292 Å². The van der Waals surface area contributed by atoms with E-state index in [2.05, 4.69) is 44.5 Å². The maximum atomic E-state index is 12.4. The van der Waals surface area contributed by atoms with Gasteiger partial charge in [0.1, 0.15) is 24.2 Å². The molecule has 2 saturated heterocycles. The van der Waals surface area contributed by atoms with Gasteiger partial charge in [-0.25, -0.2) is 24.0 Å². The first-order chi connectivity index (χ1) is 20.4. The van der Waals surface area contributed by atoms with Crippen LogP contribution in [0.2, 0.25) is 0 Å². The maximum absolute atomic E-state index is 12.4. The average molecular weight is 689 g/mol. The van der Waals surface area contributed by atoms with Crippen molar-refractivity contribution in [2.24, 2.45) is 5.41 Å². The second kappa shape index (κ2) is 21.7. The summed E-state index contributed by atoms with van der Waals surface area (Å²) in [7, 11) is 5.70. The van der Waals surface area contributed by atoms with E-state index >= 15 is 0 Å². The molecule has 0 N–H and O–H groups in total. The van der Waals surface area contributed by atoms with E-state index < -0.39 is 77.0 Å². The normalized spacial score (nSPS) is 19.2. The van der Waals surface area contributed by atoms with Gasteiger partial charge in [-0.15, -0.1) is 0 Å². The van der Waals surface area contributed by atoms with Gasteiger partial charge in [0.2, 0.25) is 5.78 Å². The van der Waals surface area contributed by atoms with Crippen LogP contribution in [0, 0.1) is 11.3 Å². The molecule has 17 heteroatoms. The van der Waals surface area contributed by atoms with Crippen molar-refractivity contribution in [3.05, 3.63) is 5.92 Å². The molecule has 2 rings (SSSR count). The van der Waals surface area contributed by atoms with Crippen molar-refractivity contribution in [1.82, 2.24) is 9.80 Å². The quantitative estimate of drug-likeness (QED) is 0.0851. The van der Waals surface area contributed by atoms with Gasteiger partial charge in [0.05, 0.1) is 35.5 Å². The molecule has 46 heavy (non-hydrogen) atoms. The molecule has 0 aromatic carbocycles. The molecule has 2 amide bonds. The number of ketones is 1. The smallest absolute Gasteiger partial charge is 1.00 e. The fraction of sp³-hybridized carbons (Fsp3) is 0.690. The van der Waals surface area contributed by atoms with Crippen LogP contribution in [-0.4, -0.2) is 140 Å². The molecule has 0 aliphatic carbocycles. The molecule has 15 nitrogen and oxygen atoms in total. The molecular weight excluding hydrogens is 644 g/mol. The largest absolute Gasteiger partial charge is 2.00 e. The molecule has 0 radical (unpaired) electrons. The van der Waals surface area contributed by atoms with Gasteiger partial charge >= 0.3 is 58.8 Å². The van der Waals surface area contributed by atoms with Crippen molar-refractivity contribution in [1.29, 1.82) is 0 Å². The summed E-state index contributed by atoms with van der Waals surface area (Å²) in [5.41, 5.74) is -0.853. The summed E-state index contributed by atoms with van der Waals surface area (Å²) >= 11 is 0. The van der Waals surface area contributed by atoms with Gasteiger partial charge in [-0.1, -0.05) is 27.7 Å². The zero-order valence-corrected chi connectivity index (χ0v) is 30.6. The zero-order valence-electron chi connectivity index (χ0n) is 28.4. The summed E-state index contributed by atoms with van der Waals surface area (Å²) in [6, 6.07) is -3.76. The van der Waals surface area contributed by atoms with Crippen LogP contribution < -0.4 is 12.4 Å². The minimum atomic E-state index is -1.16. The Balaban J connectivity index is -0.000000680. The molecule has 2 fully saturated rings. The van der Waals surface area contributed by atoms with Gasteiger partial charge < -0.3 is 51.8 Å². The van der Waals surface area contributed by atoms with Gasteiger partial charge in [0.15, 0.2) is 0 Å². The number of halogens is 1. The number of carbonyl (C=O) groups is 8. The van der Waals surface area contributed by atoms with Crippen LogP contribution in [0.1, 0.15) is 67.2 Å². The monoisotopic (exact) mass is 688 g/mol. The Kier molecular flexibility index (Phi) is 22.4. The van der Waals surface area contributed by atoms with Crippen LogP contribution in [-0.2, 0) is 62.0 Å². The summed E-state index contributed by atoms with van der Waals surface area (Å²) in [4.78, 5) is 95.1. The number of ether oxygens (including phenoxy) is 5. The average Bonchev–Trinajstić information content (AvgIpc) is 2.98. The summed E-state index contributed by atoms with van der Waals surface area (Å²) in [6.45, 7) is 11.5. The Morgan fingerprint density at radius 3 is 1.13 bits per heavy atom. The van der Waals surface area contributed by atoms with Crippen LogP contribution >= 0.6 is 0 Å². The summed E-state index contributed by atoms with van der Waals surface area (Å²) in [6.07, 6.45) is 1.85. The van der Waals surface area contributed by atoms with Gasteiger partial charge in [0.25, 0.3) is 5.91 Å². The molecule has 0 unspecified atom stereocenters. The Bertz CT molecular complexity index is 1060. The molecule has 258 valence electrons. The standard InChI is InChI=1S/C14H21NO6.C10H13NO7.C5H11.ClH.Mg/c1-6-14(2,3)10(16)11(17)15-8(12(18)20-4)7-9(15)13(19)21-5;1-16-8(13)5-4-6(9(14)17-2)11(5)7(12)10(15)18-3;1-4-5(2)3;;/h8-9H,6-7H2,1-5H3;5-6H,4H2,1-3H3;4H2,1-3H3;1H;/q;;-1;;+2/p-1/t8-,9-;5-,6-;;;/m11.../s1. The van der Waals surface area contributed by atoms with E-state index in [1.807, 2.05) is 0 Å². The van der Waals surface area contributed by atoms with E-state index in [-0.39, 0.29) is 48.3 Å². The van der Waals surface area contributed by atoms with Crippen LogP contribution in [0.3, 0.4) is 0 Å². The Hall–Kier alpha value is -2.98. The molecule has 0 spiro atoms.